The molecule has 1 saturated carbocycles. The maximum Gasteiger partial charge on any atom is 0.327 e. The normalized spacial score (nSPS) is 32.5. The van der Waals surface area contributed by atoms with E-state index >= 15 is 0 Å². The topological polar surface area (TPSA) is 89.9 Å². The average molecular weight is 298 g/mol. The number of carboxylic acids is 1. The van der Waals surface area contributed by atoms with E-state index < -0.39 is 23.5 Å². The van der Waals surface area contributed by atoms with Crippen molar-refractivity contribution in [3.8, 4) is 0 Å². The Morgan fingerprint density at radius 1 is 1.19 bits per heavy atom. The van der Waals surface area contributed by atoms with Gasteiger partial charge in [0.05, 0.1) is 12.1 Å². The molecule has 21 heavy (non-hydrogen) atoms. The number of aliphatic hydroxyl groups is 1. The van der Waals surface area contributed by atoms with E-state index in [-0.39, 0.29) is 12.1 Å². The van der Waals surface area contributed by atoms with Crippen LogP contribution in [0.4, 0.5) is 4.79 Å². The molecule has 1 aliphatic heterocycles. The second kappa shape index (κ2) is 6.22. The van der Waals surface area contributed by atoms with Gasteiger partial charge in [0.1, 0.15) is 6.04 Å². The summed E-state index contributed by atoms with van der Waals surface area (Å²) in [6.07, 6.45) is 4.47. The Kier molecular flexibility index (Phi) is 4.76. The third kappa shape index (κ3) is 3.48. The van der Waals surface area contributed by atoms with Gasteiger partial charge < -0.3 is 20.4 Å². The minimum Gasteiger partial charge on any atom is -0.480 e. The highest BCUT2D eigenvalue weighted by Gasteiger charge is 2.45. The van der Waals surface area contributed by atoms with Crippen molar-refractivity contribution in [1.29, 1.82) is 0 Å². The van der Waals surface area contributed by atoms with Gasteiger partial charge in [-0.25, -0.2) is 9.59 Å². The van der Waals surface area contributed by atoms with Crippen molar-refractivity contribution >= 4 is 12.0 Å². The average Bonchev–Trinajstić information content (AvgIpc) is 2.39. The minimum absolute atomic E-state index is 0.259. The van der Waals surface area contributed by atoms with E-state index in [1.54, 1.807) is 0 Å². The van der Waals surface area contributed by atoms with Crippen LogP contribution in [-0.4, -0.2) is 51.8 Å². The number of nitrogens with zero attached hydrogens (tertiary/aromatic N) is 1. The molecule has 3 unspecified atom stereocenters. The maximum atomic E-state index is 12.5. The predicted molar refractivity (Wildman–Crippen MR) is 77.9 cm³/mol. The highest BCUT2D eigenvalue weighted by atomic mass is 16.4. The Labute approximate surface area is 125 Å². The maximum absolute atomic E-state index is 12.5. The molecule has 1 aliphatic carbocycles. The van der Waals surface area contributed by atoms with Crippen molar-refractivity contribution in [2.45, 2.75) is 70.6 Å². The van der Waals surface area contributed by atoms with Crippen molar-refractivity contribution in [2.24, 2.45) is 5.41 Å². The number of carbonyl (C=O) groups is 2. The van der Waals surface area contributed by atoms with Gasteiger partial charge in [-0.15, -0.1) is 0 Å². The second-order valence-corrected chi connectivity index (χ2v) is 6.93. The van der Waals surface area contributed by atoms with Crippen molar-refractivity contribution in [3.05, 3.63) is 0 Å². The first-order valence-corrected chi connectivity index (χ1v) is 7.81. The van der Waals surface area contributed by atoms with E-state index in [9.17, 15) is 19.8 Å². The highest BCUT2D eigenvalue weighted by Crippen LogP contribution is 2.35. The lowest BCUT2D eigenvalue weighted by Crippen LogP contribution is -2.60. The standard InChI is InChI=1S/C15H26N2O4/c1-15(2)8-5-9-17(12(15)13(19)20)14(21)16-10-6-3-4-7-11(10)18/h10-12,18H,3-9H2,1-2H3,(H,16,21)(H,19,20). The van der Waals surface area contributed by atoms with E-state index in [1.165, 1.54) is 4.90 Å². The van der Waals surface area contributed by atoms with E-state index in [0.29, 0.717) is 13.0 Å². The number of nitrogens with one attached hydrogen (secondary N) is 1. The fourth-order valence-corrected chi connectivity index (χ4v) is 3.60. The molecule has 3 atom stereocenters. The fourth-order valence-electron chi connectivity index (χ4n) is 3.60. The Hall–Kier alpha value is -1.30. The van der Waals surface area contributed by atoms with Crippen LogP contribution >= 0.6 is 0 Å². The number of amides is 2. The number of hydrogen-bond donors (Lipinski definition) is 3. The lowest BCUT2D eigenvalue weighted by atomic mass is 9.76. The van der Waals surface area contributed by atoms with Gasteiger partial charge in [-0.05, 0) is 31.1 Å². The molecule has 3 N–H and O–H groups in total. The highest BCUT2D eigenvalue weighted by molar-refractivity contribution is 5.83. The van der Waals surface area contributed by atoms with Crippen LogP contribution in [0, 0.1) is 5.41 Å². The molecule has 2 aliphatic rings. The molecule has 6 heteroatoms. The lowest BCUT2D eigenvalue weighted by molar-refractivity contribution is -0.148. The van der Waals surface area contributed by atoms with Gasteiger partial charge >= 0.3 is 12.0 Å². The zero-order chi connectivity index (χ0) is 15.6. The Morgan fingerprint density at radius 2 is 1.86 bits per heavy atom. The number of carbonyl (C=O) groups excluding carboxylic acids is 1. The molecular weight excluding hydrogens is 272 g/mol. The zero-order valence-corrected chi connectivity index (χ0v) is 12.8. The number of aliphatic carboxylic acids is 1. The van der Waals surface area contributed by atoms with Gasteiger partial charge in [0.15, 0.2) is 0 Å². The van der Waals surface area contributed by atoms with Crippen LogP contribution < -0.4 is 5.32 Å². The summed E-state index contributed by atoms with van der Waals surface area (Å²) in [5.41, 5.74) is -0.438. The number of piperidine rings is 1. The SMILES string of the molecule is CC1(C)CCCN(C(=O)NC2CCCCC2O)C1C(=O)O. The molecule has 1 heterocycles. The van der Waals surface area contributed by atoms with Gasteiger partial charge in [-0.1, -0.05) is 26.7 Å². The van der Waals surface area contributed by atoms with Crippen molar-refractivity contribution in [3.63, 3.8) is 0 Å². The number of aliphatic hydroxyl groups excluding tert-OH is 1. The van der Waals surface area contributed by atoms with Crippen molar-refractivity contribution in [2.75, 3.05) is 6.54 Å². The van der Waals surface area contributed by atoms with Gasteiger partial charge in [-0.2, -0.15) is 0 Å². The van der Waals surface area contributed by atoms with Crippen LogP contribution in [0.5, 0.6) is 0 Å². The molecule has 6 nitrogen and oxygen atoms in total. The molecule has 0 aromatic carbocycles. The van der Waals surface area contributed by atoms with Gasteiger partial charge in [0.2, 0.25) is 0 Å². The zero-order valence-electron chi connectivity index (χ0n) is 12.8. The monoisotopic (exact) mass is 298 g/mol. The van der Waals surface area contributed by atoms with E-state index in [2.05, 4.69) is 5.32 Å². The Balaban J connectivity index is 2.07. The Bertz CT molecular complexity index is 410. The van der Waals surface area contributed by atoms with Gasteiger partial charge in [-0.3, -0.25) is 0 Å². The van der Waals surface area contributed by atoms with Crippen molar-refractivity contribution < 1.29 is 19.8 Å². The lowest BCUT2D eigenvalue weighted by Gasteiger charge is -2.44. The number of urea groups is 1. The van der Waals surface area contributed by atoms with Crippen LogP contribution in [0.1, 0.15) is 52.4 Å². The van der Waals surface area contributed by atoms with Gasteiger partial charge in [0, 0.05) is 6.54 Å². The molecule has 2 amide bonds. The molecule has 0 spiro atoms. The molecule has 2 rings (SSSR count). The van der Waals surface area contributed by atoms with E-state index in [0.717, 1.165) is 32.1 Å². The first-order valence-electron chi connectivity index (χ1n) is 7.81. The molecular formula is C15H26N2O4. The summed E-state index contributed by atoms with van der Waals surface area (Å²) in [5, 5.41) is 22.3. The summed E-state index contributed by atoms with van der Waals surface area (Å²) in [6, 6.07) is -1.43. The number of likely N-dealkylation sites (tertiary alicyclic amines) is 1. The number of rotatable bonds is 2. The van der Waals surface area contributed by atoms with E-state index in [1.807, 2.05) is 13.8 Å². The first kappa shape index (κ1) is 16.1. The third-order valence-electron chi connectivity index (χ3n) is 4.81. The van der Waals surface area contributed by atoms with Crippen molar-refractivity contribution in [1.82, 2.24) is 10.2 Å². The molecule has 0 aromatic rings. The van der Waals surface area contributed by atoms with Crippen LogP contribution in [0.15, 0.2) is 0 Å². The third-order valence-corrected chi connectivity index (χ3v) is 4.81. The summed E-state index contributed by atoms with van der Waals surface area (Å²) in [7, 11) is 0. The Morgan fingerprint density at radius 3 is 2.48 bits per heavy atom. The fraction of sp³-hybridized carbons (Fsp3) is 0.867. The van der Waals surface area contributed by atoms with Crippen LogP contribution in [0.3, 0.4) is 0 Å². The minimum atomic E-state index is -0.959. The molecule has 0 radical (unpaired) electrons. The largest absolute Gasteiger partial charge is 0.480 e. The molecule has 0 aromatic heterocycles. The van der Waals surface area contributed by atoms with E-state index in [4.69, 9.17) is 0 Å². The first-order chi connectivity index (χ1) is 9.83. The summed E-state index contributed by atoms with van der Waals surface area (Å²) in [4.78, 5) is 25.4. The quantitative estimate of drug-likeness (QED) is 0.722. The van der Waals surface area contributed by atoms with Crippen LogP contribution in [0.2, 0.25) is 0 Å². The molecule has 1 saturated heterocycles. The molecule has 2 fully saturated rings. The molecule has 120 valence electrons. The molecule has 0 bridgehead atoms. The van der Waals surface area contributed by atoms with Crippen LogP contribution in [-0.2, 0) is 4.79 Å². The van der Waals surface area contributed by atoms with Crippen LogP contribution in [0.25, 0.3) is 0 Å². The summed E-state index contributed by atoms with van der Waals surface area (Å²) >= 11 is 0. The summed E-state index contributed by atoms with van der Waals surface area (Å²) in [5.74, 6) is -0.959. The number of carboxylic acid groups (broad SMARTS) is 1. The second-order valence-electron chi connectivity index (χ2n) is 6.93. The van der Waals surface area contributed by atoms with Gasteiger partial charge in [0.25, 0.3) is 0 Å². The summed E-state index contributed by atoms with van der Waals surface area (Å²) < 4.78 is 0. The number of hydrogen-bond acceptors (Lipinski definition) is 3. The summed E-state index contributed by atoms with van der Waals surface area (Å²) in [6.45, 7) is 4.23. The smallest absolute Gasteiger partial charge is 0.327 e. The predicted octanol–water partition coefficient (Wildman–Crippen LogP) is 1.57.